The van der Waals surface area contributed by atoms with Crippen LogP contribution in [0.1, 0.15) is 31.7 Å². The van der Waals surface area contributed by atoms with Crippen molar-refractivity contribution < 1.29 is 9.53 Å². The summed E-state index contributed by atoms with van der Waals surface area (Å²) in [7, 11) is 0. The maximum atomic E-state index is 12.4. The lowest BCUT2D eigenvalue weighted by Gasteiger charge is -2.36. The Hall–Kier alpha value is -1.46. The van der Waals surface area contributed by atoms with E-state index in [9.17, 15) is 4.79 Å². The molecule has 118 valence electrons. The van der Waals surface area contributed by atoms with Crippen molar-refractivity contribution in [3.8, 4) is 0 Å². The number of rotatable bonds is 4. The Morgan fingerprint density at radius 1 is 1.41 bits per heavy atom. The van der Waals surface area contributed by atoms with Gasteiger partial charge in [0.2, 0.25) is 5.91 Å². The number of carbonyl (C=O) groups is 1. The fraction of sp³-hybridized carbons (Fsp3) is 0.529. The Kier molecular flexibility index (Phi) is 4.74. The maximum absolute atomic E-state index is 12.4. The molecule has 5 heteroatoms. The molecule has 22 heavy (non-hydrogen) atoms. The van der Waals surface area contributed by atoms with Crippen molar-refractivity contribution in [3.63, 3.8) is 0 Å². The Morgan fingerprint density at radius 2 is 2.23 bits per heavy atom. The Balaban J connectivity index is 1.52. The van der Waals surface area contributed by atoms with Crippen LogP contribution in [0, 0.1) is 0 Å². The summed E-state index contributed by atoms with van der Waals surface area (Å²) in [6.45, 7) is 5.43. The first-order valence-corrected chi connectivity index (χ1v) is 8.70. The number of para-hydroxylation sites is 1. The lowest BCUT2D eigenvalue weighted by Crippen LogP contribution is -2.50. The zero-order chi connectivity index (χ0) is 15.5. The van der Waals surface area contributed by atoms with Crippen LogP contribution in [0.15, 0.2) is 24.3 Å². The molecule has 1 saturated heterocycles. The average Bonchev–Trinajstić information content (AvgIpc) is 2.92. The molecule has 4 nitrogen and oxygen atoms in total. The number of benzene rings is 1. The molecule has 2 atom stereocenters. The molecule has 0 saturated carbocycles. The van der Waals surface area contributed by atoms with Crippen LogP contribution >= 0.6 is 11.3 Å². The van der Waals surface area contributed by atoms with Crippen molar-refractivity contribution in [3.05, 3.63) is 29.3 Å². The second-order valence-corrected chi connectivity index (χ2v) is 7.08. The Morgan fingerprint density at radius 3 is 3.05 bits per heavy atom. The van der Waals surface area contributed by atoms with Crippen LogP contribution in [0.2, 0.25) is 0 Å². The van der Waals surface area contributed by atoms with E-state index in [1.54, 1.807) is 11.3 Å². The molecule has 2 heterocycles. The third kappa shape index (κ3) is 3.47. The van der Waals surface area contributed by atoms with E-state index in [1.165, 1.54) is 4.70 Å². The summed E-state index contributed by atoms with van der Waals surface area (Å²) in [5.74, 6) is 0.240. The highest BCUT2D eigenvalue weighted by molar-refractivity contribution is 7.18. The molecule has 1 aliphatic rings. The number of aryl methyl sites for hydroxylation is 1. The number of amides is 1. The summed E-state index contributed by atoms with van der Waals surface area (Å²) < 4.78 is 6.80. The number of hydrogen-bond donors (Lipinski definition) is 0. The fourth-order valence-corrected chi connectivity index (χ4v) is 3.82. The highest BCUT2D eigenvalue weighted by atomic mass is 32.1. The quantitative estimate of drug-likeness (QED) is 0.869. The van der Waals surface area contributed by atoms with E-state index in [4.69, 9.17) is 4.74 Å². The van der Waals surface area contributed by atoms with E-state index in [1.807, 2.05) is 30.0 Å². The molecular formula is C17H22N2O2S. The van der Waals surface area contributed by atoms with Gasteiger partial charge in [0, 0.05) is 13.0 Å². The van der Waals surface area contributed by atoms with Gasteiger partial charge in [-0.25, -0.2) is 4.98 Å². The average molecular weight is 318 g/mol. The Labute approximate surface area is 135 Å². The SMILES string of the molecule is C[C@@H]1CN(C(=O)CCCc2nc3ccccc3s2)[C@H](C)CO1. The molecule has 1 aliphatic heterocycles. The van der Waals surface area contributed by atoms with Gasteiger partial charge in [-0.15, -0.1) is 11.3 Å². The van der Waals surface area contributed by atoms with E-state index in [0.717, 1.165) is 23.4 Å². The predicted octanol–water partition coefficient (Wildman–Crippen LogP) is 3.25. The fourth-order valence-electron chi connectivity index (χ4n) is 2.81. The molecule has 0 unspecified atom stereocenters. The topological polar surface area (TPSA) is 42.4 Å². The minimum atomic E-state index is 0.143. The largest absolute Gasteiger partial charge is 0.375 e. The lowest BCUT2D eigenvalue weighted by molar-refractivity contribution is -0.143. The first kappa shape index (κ1) is 15.4. The number of morpholine rings is 1. The third-order valence-corrected chi connectivity index (χ3v) is 5.14. The normalized spacial score (nSPS) is 22.2. The van der Waals surface area contributed by atoms with Gasteiger partial charge in [0.05, 0.1) is 34.0 Å². The Bertz CT molecular complexity index is 622. The summed E-state index contributed by atoms with van der Waals surface area (Å²) in [5, 5.41) is 1.12. The standard InChI is InChI=1S/C17H22N2O2S/c1-12-11-21-13(2)10-19(12)17(20)9-5-8-16-18-14-6-3-4-7-15(14)22-16/h3-4,6-7,12-13H,5,8-11H2,1-2H3/t12-,13-/m1/s1. The molecular weight excluding hydrogens is 296 g/mol. The van der Waals surface area contributed by atoms with Crippen LogP contribution in [0.5, 0.6) is 0 Å². The van der Waals surface area contributed by atoms with Crippen LogP contribution in [-0.2, 0) is 16.0 Å². The first-order valence-electron chi connectivity index (χ1n) is 7.89. The van der Waals surface area contributed by atoms with Crippen molar-refractivity contribution in [2.75, 3.05) is 13.2 Å². The molecule has 1 aromatic heterocycles. The summed E-state index contributed by atoms with van der Waals surface area (Å²) >= 11 is 1.73. The van der Waals surface area contributed by atoms with Gasteiger partial charge in [0.15, 0.2) is 0 Å². The summed E-state index contributed by atoms with van der Waals surface area (Å²) in [5.41, 5.74) is 1.06. The number of thiazole rings is 1. The van der Waals surface area contributed by atoms with Crippen molar-refractivity contribution in [1.82, 2.24) is 9.88 Å². The molecule has 2 aromatic rings. The molecule has 1 fully saturated rings. The number of carbonyl (C=O) groups excluding carboxylic acids is 1. The van der Waals surface area contributed by atoms with E-state index in [2.05, 4.69) is 18.0 Å². The number of ether oxygens (including phenoxy) is 1. The molecule has 0 aliphatic carbocycles. The molecule has 3 rings (SSSR count). The van der Waals surface area contributed by atoms with E-state index < -0.39 is 0 Å². The number of fused-ring (bicyclic) bond motifs is 1. The zero-order valence-electron chi connectivity index (χ0n) is 13.1. The van der Waals surface area contributed by atoms with Crippen LogP contribution in [0.25, 0.3) is 10.2 Å². The number of nitrogens with zero attached hydrogens (tertiary/aromatic N) is 2. The predicted molar refractivity (Wildman–Crippen MR) is 89.1 cm³/mol. The van der Waals surface area contributed by atoms with E-state index in [-0.39, 0.29) is 18.1 Å². The number of hydrogen-bond acceptors (Lipinski definition) is 4. The summed E-state index contributed by atoms with van der Waals surface area (Å²) in [6, 6.07) is 8.37. The van der Waals surface area contributed by atoms with Gasteiger partial charge in [-0.3, -0.25) is 4.79 Å². The van der Waals surface area contributed by atoms with Gasteiger partial charge < -0.3 is 9.64 Å². The van der Waals surface area contributed by atoms with Gasteiger partial charge in [0.1, 0.15) is 0 Å². The summed E-state index contributed by atoms with van der Waals surface area (Å²) in [6.07, 6.45) is 2.47. The number of aromatic nitrogens is 1. The van der Waals surface area contributed by atoms with Crippen molar-refractivity contribution >= 4 is 27.5 Å². The van der Waals surface area contributed by atoms with Gasteiger partial charge in [-0.2, -0.15) is 0 Å². The van der Waals surface area contributed by atoms with Gasteiger partial charge in [-0.1, -0.05) is 12.1 Å². The van der Waals surface area contributed by atoms with Crippen LogP contribution in [0.4, 0.5) is 0 Å². The smallest absolute Gasteiger partial charge is 0.222 e. The van der Waals surface area contributed by atoms with Gasteiger partial charge in [-0.05, 0) is 38.8 Å². The molecule has 0 N–H and O–H groups in total. The van der Waals surface area contributed by atoms with Crippen molar-refractivity contribution in [1.29, 1.82) is 0 Å². The minimum Gasteiger partial charge on any atom is -0.375 e. The summed E-state index contributed by atoms with van der Waals surface area (Å²) in [4.78, 5) is 19.0. The highest BCUT2D eigenvalue weighted by Gasteiger charge is 2.26. The monoisotopic (exact) mass is 318 g/mol. The maximum Gasteiger partial charge on any atom is 0.222 e. The van der Waals surface area contributed by atoms with Gasteiger partial charge in [0.25, 0.3) is 0 Å². The molecule has 0 radical (unpaired) electrons. The molecule has 0 spiro atoms. The van der Waals surface area contributed by atoms with Crippen LogP contribution in [-0.4, -0.2) is 41.1 Å². The van der Waals surface area contributed by atoms with Gasteiger partial charge >= 0.3 is 0 Å². The minimum absolute atomic E-state index is 0.143. The zero-order valence-corrected chi connectivity index (χ0v) is 13.9. The van der Waals surface area contributed by atoms with E-state index in [0.29, 0.717) is 19.6 Å². The first-order chi connectivity index (χ1) is 10.6. The third-order valence-electron chi connectivity index (χ3n) is 4.05. The molecule has 1 aromatic carbocycles. The molecule has 0 bridgehead atoms. The highest BCUT2D eigenvalue weighted by Crippen LogP contribution is 2.23. The van der Waals surface area contributed by atoms with Crippen LogP contribution in [0.3, 0.4) is 0 Å². The van der Waals surface area contributed by atoms with Crippen molar-refractivity contribution in [2.24, 2.45) is 0 Å². The second kappa shape index (κ2) is 6.75. The van der Waals surface area contributed by atoms with E-state index >= 15 is 0 Å². The second-order valence-electron chi connectivity index (χ2n) is 5.97. The lowest BCUT2D eigenvalue weighted by atomic mass is 10.1. The van der Waals surface area contributed by atoms with Crippen LogP contribution < -0.4 is 0 Å². The van der Waals surface area contributed by atoms with Crippen molar-refractivity contribution in [2.45, 2.75) is 45.3 Å². The molecule has 1 amide bonds.